The van der Waals surface area contributed by atoms with Gasteiger partial charge in [-0.2, -0.15) is 0 Å². The molecule has 0 aliphatic carbocycles. The van der Waals surface area contributed by atoms with Crippen LogP contribution in [0.15, 0.2) is 30.3 Å². The van der Waals surface area contributed by atoms with Gasteiger partial charge in [-0.3, -0.25) is 33.1 Å². The van der Waals surface area contributed by atoms with Crippen LogP contribution >= 0.6 is 0 Å². The van der Waals surface area contributed by atoms with E-state index in [4.69, 9.17) is 0 Å². The van der Waals surface area contributed by atoms with Crippen molar-refractivity contribution in [2.24, 2.45) is 0 Å². The predicted molar refractivity (Wildman–Crippen MR) is 133 cm³/mol. The number of β-lactam (4-membered cyclic amide) rings is 1. The van der Waals surface area contributed by atoms with E-state index >= 15 is 0 Å². The van der Waals surface area contributed by atoms with E-state index in [0.29, 0.717) is 4.90 Å². The number of imide groups is 1. The van der Waals surface area contributed by atoms with E-state index in [1.807, 2.05) is 0 Å². The Hall–Kier alpha value is -3.34. The molecule has 2 unspecified atom stereocenters. The summed E-state index contributed by atoms with van der Waals surface area (Å²) in [4.78, 5) is 90.9. The molecule has 0 radical (unpaired) electrons. The zero-order valence-electron chi connectivity index (χ0n) is 22.7. The van der Waals surface area contributed by atoms with Crippen molar-refractivity contribution in [2.75, 3.05) is 19.6 Å². The van der Waals surface area contributed by atoms with Crippen LogP contribution in [-0.2, 0) is 39.6 Å². The molecule has 3 N–H and O–H groups in total. The third-order valence-corrected chi connectivity index (χ3v) is 9.53. The molecule has 3 fully saturated rings. The van der Waals surface area contributed by atoms with Crippen molar-refractivity contribution in [1.82, 2.24) is 30.7 Å². The Morgan fingerprint density at radius 1 is 1.12 bits per heavy atom. The third kappa shape index (κ3) is 5.13. The SMILES string of the molecule is CCN1CCN(C(=O)NC(C(=O)N[C@]2(NC=O)C(=O)N3[C@@H](C(=O)[O-])C(C)(C)S(=O)[C@@H]32)c2ccccc2)C(=O)C1=O.[Na+]. The Kier molecular flexibility index (Phi) is 9.32. The van der Waals surface area contributed by atoms with Gasteiger partial charge in [0.15, 0.2) is 5.37 Å². The molecule has 15 nitrogen and oxygen atoms in total. The molecule has 0 aromatic heterocycles. The summed E-state index contributed by atoms with van der Waals surface area (Å²) in [6.45, 7) is 4.62. The van der Waals surface area contributed by atoms with Crippen LogP contribution in [0.2, 0.25) is 0 Å². The van der Waals surface area contributed by atoms with Crippen LogP contribution in [0.4, 0.5) is 4.79 Å². The molecule has 1 aromatic rings. The molecule has 3 aliphatic rings. The van der Waals surface area contributed by atoms with E-state index in [1.165, 1.54) is 30.9 Å². The fraction of sp³-hybridized carbons (Fsp3) is 0.458. The number of amides is 7. The number of carbonyl (C=O) groups is 7. The summed E-state index contributed by atoms with van der Waals surface area (Å²) < 4.78 is 11.8. The molecule has 3 heterocycles. The van der Waals surface area contributed by atoms with Gasteiger partial charge in [-0.25, -0.2) is 4.79 Å². The second kappa shape index (κ2) is 11.9. The van der Waals surface area contributed by atoms with Crippen LogP contribution in [-0.4, -0.2) is 102 Å². The Balaban J connectivity index is 0.00000462. The summed E-state index contributed by atoms with van der Waals surface area (Å²) in [6.07, 6.45) is 0.0969. The van der Waals surface area contributed by atoms with E-state index in [-0.39, 0.29) is 61.2 Å². The maximum absolute atomic E-state index is 13.6. The van der Waals surface area contributed by atoms with Crippen LogP contribution in [0.1, 0.15) is 32.4 Å². The van der Waals surface area contributed by atoms with Crippen LogP contribution in [0.25, 0.3) is 0 Å². The number of urea groups is 1. The topological polar surface area (TPSA) is 205 Å². The first-order valence-corrected chi connectivity index (χ1v) is 13.5. The largest absolute Gasteiger partial charge is 1.00 e. The normalized spacial score (nSPS) is 27.1. The number of carboxylic acids is 1. The minimum Gasteiger partial charge on any atom is -0.548 e. The predicted octanol–water partition coefficient (Wildman–Crippen LogP) is -6.48. The average molecular weight is 599 g/mol. The van der Waals surface area contributed by atoms with Gasteiger partial charge >= 0.3 is 47.4 Å². The fourth-order valence-corrected chi connectivity index (χ4v) is 7.14. The number of carbonyl (C=O) groups excluding carboxylic acids is 7. The van der Waals surface area contributed by atoms with Gasteiger partial charge in [0.25, 0.3) is 5.91 Å². The number of benzene rings is 1. The first-order valence-electron chi connectivity index (χ1n) is 12.3. The number of nitrogens with zero attached hydrogens (tertiary/aromatic N) is 3. The molecule has 0 spiro atoms. The average Bonchev–Trinajstić information content (AvgIpc) is 3.12. The molecular weight excluding hydrogens is 571 g/mol. The van der Waals surface area contributed by atoms with Crippen LogP contribution in [0, 0.1) is 0 Å². The Morgan fingerprint density at radius 2 is 1.76 bits per heavy atom. The first-order chi connectivity index (χ1) is 18.8. The van der Waals surface area contributed by atoms with Crippen molar-refractivity contribution in [3.05, 3.63) is 35.9 Å². The summed E-state index contributed by atoms with van der Waals surface area (Å²) in [5, 5.41) is 17.3. The van der Waals surface area contributed by atoms with Gasteiger partial charge in [-0.05, 0) is 26.3 Å². The van der Waals surface area contributed by atoms with E-state index in [2.05, 4.69) is 16.0 Å². The molecule has 214 valence electrons. The molecule has 0 bridgehead atoms. The van der Waals surface area contributed by atoms with Crippen molar-refractivity contribution >= 4 is 52.8 Å². The Labute approximate surface area is 259 Å². The van der Waals surface area contributed by atoms with E-state index < -0.39 is 74.3 Å². The molecule has 1 aromatic carbocycles. The number of aliphatic carboxylic acids is 1. The Morgan fingerprint density at radius 3 is 2.32 bits per heavy atom. The number of likely N-dealkylation sites (N-methyl/N-ethyl adjacent to an activating group) is 1. The molecule has 3 aliphatic heterocycles. The van der Waals surface area contributed by atoms with Gasteiger partial charge in [0.1, 0.15) is 6.04 Å². The number of hydrogen-bond acceptors (Lipinski definition) is 9. The smallest absolute Gasteiger partial charge is 0.548 e. The quantitative estimate of drug-likeness (QED) is 0.0854. The van der Waals surface area contributed by atoms with E-state index in [1.54, 1.807) is 25.1 Å². The number of rotatable bonds is 8. The van der Waals surface area contributed by atoms with Crippen LogP contribution < -0.4 is 50.6 Å². The summed E-state index contributed by atoms with van der Waals surface area (Å²) in [7, 11) is -2.10. The zero-order valence-corrected chi connectivity index (χ0v) is 25.6. The van der Waals surface area contributed by atoms with Crippen LogP contribution in [0.3, 0.4) is 0 Å². The number of piperazine rings is 1. The molecule has 5 atom stereocenters. The minimum absolute atomic E-state index is 0. The van der Waals surface area contributed by atoms with E-state index in [9.17, 15) is 42.9 Å². The zero-order chi connectivity index (χ0) is 29.6. The third-order valence-electron chi connectivity index (χ3n) is 7.28. The summed E-state index contributed by atoms with van der Waals surface area (Å²) >= 11 is 0. The number of hydrogen-bond donors (Lipinski definition) is 3. The molecule has 41 heavy (non-hydrogen) atoms. The first kappa shape index (κ1) is 32.2. The van der Waals surface area contributed by atoms with Crippen molar-refractivity contribution < 1.29 is 72.4 Å². The van der Waals surface area contributed by atoms with Crippen LogP contribution in [0.5, 0.6) is 0 Å². The van der Waals surface area contributed by atoms with E-state index in [0.717, 1.165) is 4.90 Å². The summed E-state index contributed by atoms with van der Waals surface area (Å²) in [6, 6.07) is 3.51. The molecule has 17 heteroatoms. The van der Waals surface area contributed by atoms with Crippen molar-refractivity contribution in [1.29, 1.82) is 0 Å². The summed E-state index contributed by atoms with van der Waals surface area (Å²) in [5.41, 5.74) is -2.08. The van der Waals surface area contributed by atoms with Crippen molar-refractivity contribution in [3.63, 3.8) is 0 Å². The molecule has 7 amide bonds. The summed E-state index contributed by atoms with van der Waals surface area (Å²) in [5.74, 6) is -5.70. The Bertz CT molecular complexity index is 1330. The van der Waals surface area contributed by atoms with Crippen molar-refractivity contribution in [2.45, 2.75) is 48.6 Å². The van der Waals surface area contributed by atoms with Gasteiger partial charge in [0, 0.05) is 19.6 Å². The second-order valence-corrected chi connectivity index (χ2v) is 12.0. The fourth-order valence-electron chi connectivity index (χ4n) is 5.17. The number of carboxylic acid groups (broad SMARTS) is 1. The molecule has 3 saturated heterocycles. The molecular formula is C24H27N6NaO9S. The minimum atomic E-state index is -2.29. The number of fused-ring (bicyclic) bond motifs is 1. The maximum atomic E-state index is 13.6. The standard InChI is InChI=1S/C24H28N6O9S.Na/c1-4-28-10-11-29(18(34)17(28)33)22(38)26-14(13-8-6-5-7-9-13)16(32)27-24(25-12-31)20(37)30-15(19(35)36)23(2,3)40(39)21(24)30;/h5-9,12,14-15,21H,4,10-11H2,1-3H3,(H,25,31)(H,26,38)(H,27,32)(H,35,36);/q;+1/p-1/t14?,15-,21+,24+,40?;/m0./s1. The maximum Gasteiger partial charge on any atom is 1.00 e. The number of nitrogens with one attached hydrogen (secondary N) is 3. The van der Waals surface area contributed by atoms with Gasteiger partial charge in [0.2, 0.25) is 18.0 Å². The van der Waals surface area contributed by atoms with Gasteiger partial charge in [0.05, 0.1) is 27.6 Å². The van der Waals surface area contributed by atoms with Gasteiger partial charge in [-0.1, -0.05) is 30.3 Å². The van der Waals surface area contributed by atoms with Gasteiger partial charge in [-0.15, -0.1) is 0 Å². The molecule has 4 rings (SSSR count). The monoisotopic (exact) mass is 598 g/mol. The van der Waals surface area contributed by atoms with Crippen molar-refractivity contribution in [3.8, 4) is 0 Å². The molecule has 0 saturated carbocycles. The van der Waals surface area contributed by atoms with Gasteiger partial charge < -0.3 is 35.7 Å². The second-order valence-electron chi connectivity index (χ2n) is 9.88.